The molecular weight excluding hydrogens is 511 g/mol. The molecule has 1 saturated carbocycles. The summed E-state index contributed by atoms with van der Waals surface area (Å²) in [5.74, 6) is -1.81. The van der Waals surface area contributed by atoms with Crippen molar-refractivity contribution in [2.45, 2.75) is 73.0 Å². The Morgan fingerprint density at radius 2 is 1.88 bits per heavy atom. The van der Waals surface area contributed by atoms with Gasteiger partial charge < -0.3 is 20.5 Å². The maximum atomic E-state index is 14.2. The third-order valence-electron chi connectivity index (χ3n) is 8.56. The van der Waals surface area contributed by atoms with E-state index in [0.717, 1.165) is 0 Å². The van der Waals surface area contributed by atoms with Crippen molar-refractivity contribution in [3.8, 4) is 0 Å². The van der Waals surface area contributed by atoms with Crippen LogP contribution >= 0.6 is 0 Å². The van der Waals surface area contributed by atoms with Gasteiger partial charge in [-0.25, -0.2) is 4.39 Å². The number of halogens is 1. The van der Waals surface area contributed by atoms with Crippen LogP contribution in [0.4, 0.5) is 4.39 Å². The molecule has 5 atom stereocenters. The summed E-state index contributed by atoms with van der Waals surface area (Å²) in [6.45, 7) is 17.7. The van der Waals surface area contributed by atoms with Crippen molar-refractivity contribution in [2.24, 2.45) is 28.6 Å². The summed E-state index contributed by atoms with van der Waals surface area (Å²) in [6, 6.07) is 3.56. The molecule has 0 radical (unpaired) electrons. The van der Waals surface area contributed by atoms with Gasteiger partial charge in [-0.2, -0.15) is 0 Å². The molecule has 9 heteroatoms. The number of nitrogens with one attached hydrogen (secondary N) is 3. The standard InChI is InChI=1S/C31H41FN4O4/c1-9-23(37)26(30(4,5)6)35-28(39)25-24-18(31(24,7)8)15-36(25)29(40)22(13-16(2)3)34-27(38)21-14-17-19(32)11-10-12-20(17)33-21/h9-12,14,16,18,22,24-26,33H,1,13,15H2,2-8H3,(H,34,38)(H,35,39)/t18-,22-,24-,25-,26+/m0/s1. The van der Waals surface area contributed by atoms with Crippen LogP contribution in [0.2, 0.25) is 0 Å². The van der Waals surface area contributed by atoms with E-state index in [1.54, 1.807) is 17.0 Å². The van der Waals surface area contributed by atoms with Gasteiger partial charge in [-0.15, -0.1) is 0 Å². The van der Waals surface area contributed by atoms with Crippen molar-refractivity contribution in [2.75, 3.05) is 6.54 Å². The van der Waals surface area contributed by atoms with Crippen LogP contribution in [-0.4, -0.2) is 58.1 Å². The predicted molar refractivity (Wildman–Crippen MR) is 152 cm³/mol. The zero-order valence-electron chi connectivity index (χ0n) is 24.4. The van der Waals surface area contributed by atoms with Gasteiger partial charge in [0.15, 0.2) is 5.78 Å². The van der Waals surface area contributed by atoms with E-state index in [2.05, 4.69) is 36.0 Å². The van der Waals surface area contributed by atoms with Gasteiger partial charge >= 0.3 is 0 Å². The third-order valence-corrected chi connectivity index (χ3v) is 8.56. The Kier molecular flexibility index (Phi) is 7.73. The average Bonchev–Trinajstić information content (AvgIpc) is 3.24. The van der Waals surface area contributed by atoms with Crippen LogP contribution in [0.1, 0.15) is 65.4 Å². The van der Waals surface area contributed by atoms with Crippen LogP contribution in [0.5, 0.6) is 0 Å². The first-order valence-corrected chi connectivity index (χ1v) is 13.9. The molecule has 1 aromatic carbocycles. The zero-order chi connectivity index (χ0) is 29.7. The van der Waals surface area contributed by atoms with Gasteiger partial charge in [0.2, 0.25) is 11.8 Å². The SMILES string of the molecule is C=CC(=O)[C@@H](NC(=O)[C@@H]1[C@@H]2[C@H](CN1C(=O)[C@H](CC(C)C)NC(=O)c1cc3c(F)cccc3[nH]1)C2(C)C)C(C)(C)C. The number of piperidine rings is 1. The highest BCUT2D eigenvalue weighted by Crippen LogP contribution is 2.65. The highest BCUT2D eigenvalue weighted by Gasteiger charge is 2.69. The lowest BCUT2D eigenvalue weighted by molar-refractivity contribution is -0.143. The van der Waals surface area contributed by atoms with Crippen molar-refractivity contribution in [1.29, 1.82) is 0 Å². The number of H-pyrrole nitrogens is 1. The number of carbonyl (C=O) groups excluding carboxylic acids is 4. The summed E-state index contributed by atoms with van der Waals surface area (Å²) in [5, 5.41) is 6.05. The topological polar surface area (TPSA) is 111 Å². The maximum absolute atomic E-state index is 14.2. The first kappa shape index (κ1) is 29.5. The molecule has 216 valence electrons. The number of aromatic amines is 1. The van der Waals surface area contributed by atoms with E-state index in [0.29, 0.717) is 23.9 Å². The lowest BCUT2D eigenvalue weighted by Gasteiger charge is -2.36. The molecular formula is C31H41FN4O4. The quantitative estimate of drug-likeness (QED) is 0.405. The van der Waals surface area contributed by atoms with Gasteiger partial charge in [0.05, 0.1) is 6.04 Å². The summed E-state index contributed by atoms with van der Waals surface area (Å²) in [6.07, 6.45) is 1.57. The minimum atomic E-state index is -0.882. The summed E-state index contributed by atoms with van der Waals surface area (Å²) in [4.78, 5) is 58.1. The first-order valence-electron chi connectivity index (χ1n) is 13.9. The maximum Gasteiger partial charge on any atom is 0.268 e. The lowest BCUT2D eigenvalue weighted by Crippen LogP contribution is -2.59. The van der Waals surface area contributed by atoms with Crippen molar-refractivity contribution >= 4 is 34.4 Å². The molecule has 0 bridgehead atoms. The molecule has 4 rings (SSSR count). The summed E-state index contributed by atoms with van der Waals surface area (Å²) in [7, 11) is 0. The van der Waals surface area contributed by atoms with Crippen molar-refractivity contribution in [3.05, 3.63) is 48.4 Å². The number of aromatic nitrogens is 1. The molecule has 2 fully saturated rings. The largest absolute Gasteiger partial charge is 0.350 e. The van der Waals surface area contributed by atoms with E-state index in [9.17, 15) is 23.6 Å². The van der Waals surface area contributed by atoms with Crippen LogP contribution in [0.15, 0.2) is 36.9 Å². The highest BCUT2D eigenvalue weighted by atomic mass is 19.1. The van der Waals surface area contributed by atoms with Gasteiger partial charge in [0.1, 0.15) is 23.6 Å². The molecule has 8 nitrogen and oxygen atoms in total. The fraction of sp³-hybridized carbons (Fsp3) is 0.548. The van der Waals surface area contributed by atoms with E-state index in [4.69, 9.17) is 0 Å². The van der Waals surface area contributed by atoms with Crippen LogP contribution in [0.25, 0.3) is 10.9 Å². The molecule has 2 aliphatic rings. The lowest BCUT2D eigenvalue weighted by atomic mass is 9.83. The Labute approximate surface area is 235 Å². The molecule has 3 N–H and O–H groups in total. The van der Waals surface area contributed by atoms with Gasteiger partial charge in [0, 0.05) is 17.4 Å². The second kappa shape index (κ2) is 10.5. The van der Waals surface area contributed by atoms with E-state index in [1.807, 2.05) is 34.6 Å². The number of amides is 3. The Morgan fingerprint density at radius 1 is 1.20 bits per heavy atom. The summed E-state index contributed by atoms with van der Waals surface area (Å²) >= 11 is 0. The number of hydrogen-bond acceptors (Lipinski definition) is 4. The Bertz CT molecular complexity index is 1350. The molecule has 2 aromatic rings. The minimum absolute atomic E-state index is 0.0528. The molecule has 0 unspecified atom stereocenters. The Morgan fingerprint density at radius 3 is 2.45 bits per heavy atom. The van der Waals surface area contributed by atoms with Gasteiger partial charge in [-0.1, -0.05) is 61.1 Å². The smallest absolute Gasteiger partial charge is 0.268 e. The fourth-order valence-electron chi connectivity index (χ4n) is 6.24. The number of benzene rings is 1. The normalized spacial score (nSPS) is 22.9. The first-order chi connectivity index (χ1) is 18.6. The molecule has 2 heterocycles. The number of nitrogens with zero attached hydrogens (tertiary/aromatic N) is 1. The van der Waals surface area contributed by atoms with Gasteiger partial charge in [-0.3, -0.25) is 19.2 Å². The van der Waals surface area contributed by atoms with Gasteiger partial charge in [0.25, 0.3) is 5.91 Å². The van der Waals surface area contributed by atoms with Crippen molar-refractivity contribution in [1.82, 2.24) is 20.5 Å². The molecule has 1 aliphatic heterocycles. The zero-order valence-corrected chi connectivity index (χ0v) is 24.4. The number of fused-ring (bicyclic) bond motifs is 2. The van der Waals surface area contributed by atoms with Crippen LogP contribution in [0, 0.1) is 34.4 Å². The molecule has 3 amide bonds. The number of hydrogen-bond donors (Lipinski definition) is 3. The van der Waals surface area contributed by atoms with Crippen LogP contribution in [0.3, 0.4) is 0 Å². The Balaban J connectivity index is 1.59. The third kappa shape index (κ3) is 5.43. The van der Waals surface area contributed by atoms with E-state index < -0.39 is 35.3 Å². The van der Waals surface area contributed by atoms with E-state index in [1.165, 1.54) is 18.2 Å². The van der Waals surface area contributed by atoms with E-state index in [-0.39, 0.29) is 46.5 Å². The monoisotopic (exact) mass is 552 g/mol. The minimum Gasteiger partial charge on any atom is -0.350 e. The highest BCUT2D eigenvalue weighted by molar-refractivity contribution is 6.02. The molecule has 0 spiro atoms. The number of ketones is 1. The second-order valence-electron chi connectivity index (χ2n) is 13.3. The summed E-state index contributed by atoms with van der Waals surface area (Å²) < 4.78 is 14.2. The predicted octanol–water partition coefficient (Wildman–Crippen LogP) is 4.22. The number of rotatable bonds is 9. The fourth-order valence-corrected chi connectivity index (χ4v) is 6.24. The molecule has 1 aliphatic carbocycles. The van der Waals surface area contributed by atoms with Gasteiger partial charge in [-0.05, 0) is 59.3 Å². The Hall–Kier alpha value is -3.49. The second-order valence-corrected chi connectivity index (χ2v) is 13.3. The van der Waals surface area contributed by atoms with Crippen LogP contribution in [-0.2, 0) is 14.4 Å². The van der Waals surface area contributed by atoms with E-state index >= 15 is 0 Å². The number of likely N-dealkylation sites (tertiary alicyclic amines) is 1. The van der Waals surface area contributed by atoms with Crippen LogP contribution < -0.4 is 10.6 Å². The molecule has 1 saturated heterocycles. The van der Waals surface area contributed by atoms with Crippen molar-refractivity contribution < 1.29 is 23.6 Å². The van der Waals surface area contributed by atoms with Crippen molar-refractivity contribution in [3.63, 3.8) is 0 Å². The average molecular weight is 553 g/mol. The molecule has 40 heavy (non-hydrogen) atoms. The summed E-state index contributed by atoms with van der Waals surface area (Å²) in [5.41, 5.74) is -0.0423. The number of carbonyl (C=O) groups is 4. The molecule has 1 aromatic heterocycles.